The maximum atomic E-state index is 5.29. The number of hydrogen-bond acceptors (Lipinski definition) is 4. The van der Waals surface area contributed by atoms with E-state index in [4.69, 9.17) is 9.72 Å². The smallest absolute Gasteiger partial charge is 0.181 e. The predicted molar refractivity (Wildman–Crippen MR) is 102 cm³/mol. The molecule has 4 aromatic rings. The van der Waals surface area contributed by atoms with Gasteiger partial charge in [0.2, 0.25) is 0 Å². The fourth-order valence-electron chi connectivity index (χ4n) is 2.87. The van der Waals surface area contributed by atoms with Crippen LogP contribution in [-0.2, 0) is 7.05 Å². The monoisotopic (exact) mass is 342 g/mol. The zero-order valence-electron chi connectivity index (χ0n) is 14.6. The van der Waals surface area contributed by atoms with Gasteiger partial charge in [0, 0.05) is 30.6 Å². The number of ether oxygens (including phenoxy) is 1. The zero-order chi connectivity index (χ0) is 17.9. The molecule has 2 aromatic carbocycles. The minimum atomic E-state index is 0.678. The third-order valence-corrected chi connectivity index (χ3v) is 4.23. The fraction of sp³-hybridized carbons (Fsp3) is 0.0952. The molecule has 4 rings (SSSR count). The summed E-state index contributed by atoms with van der Waals surface area (Å²) in [6, 6.07) is 20.0. The normalized spacial score (nSPS) is 10.7. The molecule has 0 aliphatic carbocycles. The number of hydrogen-bond donors (Lipinski definition) is 0. The van der Waals surface area contributed by atoms with Crippen molar-refractivity contribution in [1.82, 2.24) is 19.7 Å². The Bertz CT molecular complexity index is 1020. The fourth-order valence-corrected chi connectivity index (χ4v) is 2.87. The van der Waals surface area contributed by atoms with Crippen LogP contribution in [0.1, 0.15) is 0 Å². The number of nitrogens with zero attached hydrogens (tertiary/aromatic N) is 4. The second-order valence-corrected chi connectivity index (χ2v) is 5.93. The highest BCUT2D eigenvalue weighted by atomic mass is 16.5. The topological polar surface area (TPSA) is 52.8 Å². The van der Waals surface area contributed by atoms with Crippen molar-refractivity contribution >= 4 is 0 Å². The van der Waals surface area contributed by atoms with E-state index in [9.17, 15) is 0 Å². The van der Waals surface area contributed by atoms with E-state index in [1.165, 1.54) is 0 Å². The first-order valence-electron chi connectivity index (χ1n) is 8.31. The number of methoxy groups -OCH3 is 1. The Morgan fingerprint density at radius 2 is 1.62 bits per heavy atom. The summed E-state index contributed by atoms with van der Waals surface area (Å²) in [5.74, 6) is 2.29. The van der Waals surface area contributed by atoms with Crippen LogP contribution in [0.2, 0.25) is 0 Å². The first kappa shape index (κ1) is 16.0. The summed E-state index contributed by atoms with van der Waals surface area (Å²) >= 11 is 0. The highest BCUT2D eigenvalue weighted by Gasteiger charge is 2.12. The van der Waals surface area contributed by atoms with Crippen molar-refractivity contribution in [3.8, 4) is 39.7 Å². The molecular formula is C21H18N4O. The third kappa shape index (κ3) is 3.07. The van der Waals surface area contributed by atoms with Crippen molar-refractivity contribution in [2.45, 2.75) is 0 Å². The molecular weight excluding hydrogens is 324 g/mol. The van der Waals surface area contributed by atoms with E-state index in [0.717, 1.165) is 33.8 Å². The molecule has 0 aliphatic rings. The molecule has 2 aromatic heterocycles. The SMILES string of the molecule is COc1cccc(-c2nc(-c3ccc(-c4cccnc4)cc3)n(C)n2)c1. The number of rotatable bonds is 4. The van der Waals surface area contributed by atoms with Gasteiger partial charge in [0.25, 0.3) is 0 Å². The highest BCUT2D eigenvalue weighted by molar-refractivity contribution is 5.68. The molecule has 0 radical (unpaired) electrons. The summed E-state index contributed by atoms with van der Waals surface area (Å²) in [4.78, 5) is 8.88. The molecule has 0 atom stereocenters. The van der Waals surface area contributed by atoms with Gasteiger partial charge in [-0.15, -0.1) is 0 Å². The van der Waals surface area contributed by atoms with Crippen LogP contribution in [-0.4, -0.2) is 26.9 Å². The zero-order valence-corrected chi connectivity index (χ0v) is 14.6. The molecule has 128 valence electrons. The van der Waals surface area contributed by atoms with Crippen LogP contribution < -0.4 is 4.74 Å². The van der Waals surface area contributed by atoms with E-state index >= 15 is 0 Å². The molecule has 0 spiro atoms. The van der Waals surface area contributed by atoms with Crippen LogP contribution in [0.25, 0.3) is 33.9 Å². The molecule has 0 N–H and O–H groups in total. The molecule has 0 amide bonds. The summed E-state index contributed by atoms with van der Waals surface area (Å²) in [5, 5.41) is 4.55. The average molecular weight is 342 g/mol. The molecule has 0 saturated carbocycles. The van der Waals surface area contributed by atoms with Crippen molar-refractivity contribution in [2.24, 2.45) is 7.05 Å². The van der Waals surface area contributed by atoms with Gasteiger partial charge < -0.3 is 4.74 Å². The quantitative estimate of drug-likeness (QED) is 0.557. The standard InChI is InChI=1S/C21H18N4O/c1-25-21(23-20(24-25)17-5-3-7-19(13-17)26-2)16-10-8-15(9-11-16)18-6-4-12-22-14-18/h3-14H,1-2H3. The summed E-state index contributed by atoms with van der Waals surface area (Å²) < 4.78 is 7.09. The first-order chi connectivity index (χ1) is 12.7. The van der Waals surface area contributed by atoms with Crippen LogP contribution >= 0.6 is 0 Å². The summed E-state index contributed by atoms with van der Waals surface area (Å²) in [6.07, 6.45) is 3.63. The maximum Gasteiger partial charge on any atom is 0.181 e. The summed E-state index contributed by atoms with van der Waals surface area (Å²) in [7, 11) is 3.56. The largest absolute Gasteiger partial charge is 0.497 e. The van der Waals surface area contributed by atoms with Crippen molar-refractivity contribution in [1.29, 1.82) is 0 Å². The predicted octanol–water partition coefficient (Wildman–Crippen LogP) is 4.22. The van der Waals surface area contributed by atoms with Gasteiger partial charge in [-0.1, -0.05) is 42.5 Å². The van der Waals surface area contributed by atoms with Gasteiger partial charge in [-0.05, 0) is 29.3 Å². The van der Waals surface area contributed by atoms with Gasteiger partial charge >= 0.3 is 0 Å². The highest BCUT2D eigenvalue weighted by Crippen LogP contribution is 2.26. The minimum Gasteiger partial charge on any atom is -0.497 e. The van der Waals surface area contributed by atoms with Crippen LogP contribution in [0.4, 0.5) is 0 Å². The molecule has 5 heteroatoms. The molecule has 0 aliphatic heterocycles. The van der Waals surface area contributed by atoms with Gasteiger partial charge in [0.15, 0.2) is 11.6 Å². The molecule has 0 saturated heterocycles. The van der Waals surface area contributed by atoms with E-state index in [2.05, 4.69) is 34.3 Å². The summed E-state index contributed by atoms with van der Waals surface area (Å²) in [5.41, 5.74) is 4.16. The number of aromatic nitrogens is 4. The Kier molecular flexibility index (Phi) is 4.19. The molecule has 2 heterocycles. The van der Waals surface area contributed by atoms with Crippen LogP contribution in [0.3, 0.4) is 0 Å². The molecule has 26 heavy (non-hydrogen) atoms. The Balaban J connectivity index is 1.67. The lowest BCUT2D eigenvalue weighted by Crippen LogP contribution is -1.94. The van der Waals surface area contributed by atoms with E-state index < -0.39 is 0 Å². The Morgan fingerprint density at radius 3 is 2.35 bits per heavy atom. The van der Waals surface area contributed by atoms with Gasteiger partial charge in [-0.25, -0.2) is 9.67 Å². The Labute approximate surface area is 151 Å². The Hall–Kier alpha value is -3.47. The van der Waals surface area contributed by atoms with Crippen molar-refractivity contribution in [3.05, 3.63) is 73.1 Å². The van der Waals surface area contributed by atoms with Crippen LogP contribution in [0.15, 0.2) is 73.1 Å². The van der Waals surface area contributed by atoms with E-state index in [0.29, 0.717) is 5.82 Å². The van der Waals surface area contributed by atoms with Crippen molar-refractivity contribution in [2.75, 3.05) is 7.11 Å². The number of pyridine rings is 1. The molecule has 0 bridgehead atoms. The van der Waals surface area contributed by atoms with Crippen molar-refractivity contribution in [3.63, 3.8) is 0 Å². The molecule has 0 unspecified atom stereocenters. The first-order valence-corrected chi connectivity index (χ1v) is 8.31. The minimum absolute atomic E-state index is 0.678. The lowest BCUT2D eigenvalue weighted by atomic mass is 10.1. The van der Waals surface area contributed by atoms with Crippen molar-refractivity contribution < 1.29 is 4.74 Å². The van der Waals surface area contributed by atoms with E-state index in [1.807, 2.05) is 49.6 Å². The van der Waals surface area contributed by atoms with Crippen LogP contribution in [0, 0.1) is 0 Å². The average Bonchev–Trinajstić information content (AvgIpc) is 3.10. The summed E-state index contributed by atoms with van der Waals surface area (Å²) in [6.45, 7) is 0. The third-order valence-electron chi connectivity index (χ3n) is 4.23. The molecule has 5 nitrogen and oxygen atoms in total. The number of benzene rings is 2. The van der Waals surface area contributed by atoms with Gasteiger partial charge in [0.05, 0.1) is 7.11 Å². The second-order valence-electron chi connectivity index (χ2n) is 5.93. The van der Waals surface area contributed by atoms with Gasteiger partial charge in [-0.2, -0.15) is 5.10 Å². The molecule has 0 fully saturated rings. The Morgan fingerprint density at radius 1 is 0.846 bits per heavy atom. The maximum absolute atomic E-state index is 5.29. The van der Waals surface area contributed by atoms with E-state index in [-0.39, 0.29) is 0 Å². The van der Waals surface area contributed by atoms with E-state index in [1.54, 1.807) is 18.0 Å². The second kappa shape index (κ2) is 6.80. The lowest BCUT2D eigenvalue weighted by molar-refractivity contribution is 0.415. The lowest BCUT2D eigenvalue weighted by Gasteiger charge is -2.03. The number of aryl methyl sites for hydroxylation is 1. The van der Waals surface area contributed by atoms with Gasteiger partial charge in [-0.3, -0.25) is 4.98 Å². The van der Waals surface area contributed by atoms with Crippen LogP contribution in [0.5, 0.6) is 5.75 Å². The van der Waals surface area contributed by atoms with Gasteiger partial charge in [0.1, 0.15) is 5.75 Å².